The fourth-order valence-corrected chi connectivity index (χ4v) is 2.15. The average Bonchev–Trinajstić information content (AvgIpc) is 2.75. The maximum atomic E-state index is 5.90. The molecule has 0 aliphatic carbocycles. The molecular weight excluding hydrogens is 250 g/mol. The van der Waals surface area contributed by atoms with Gasteiger partial charge >= 0.3 is 0 Å². The van der Waals surface area contributed by atoms with Gasteiger partial charge in [0, 0.05) is 24.8 Å². The van der Waals surface area contributed by atoms with Crippen molar-refractivity contribution in [2.75, 3.05) is 6.61 Å². The first-order chi connectivity index (χ1) is 8.22. The number of halogens is 1. The number of rotatable bonds is 1. The minimum Gasteiger partial charge on any atom is -0.492 e. The van der Waals surface area contributed by atoms with Crippen LogP contribution < -0.4 is 10.5 Å². The highest BCUT2D eigenvalue weighted by Crippen LogP contribution is 2.29. The molecule has 4 nitrogen and oxygen atoms in total. The minimum absolute atomic E-state index is 0. The van der Waals surface area contributed by atoms with E-state index in [9.17, 15) is 0 Å². The van der Waals surface area contributed by atoms with Gasteiger partial charge in [0.1, 0.15) is 12.4 Å². The van der Waals surface area contributed by atoms with Gasteiger partial charge in [0.25, 0.3) is 0 Å². The van der Waals surface area contributed by atoms with Crippen LogP contribution in [0, 0.1) is 0 Å². The Bertz CT molecular complexity index is 553. The number of nitrogens with zero attached hydrogens (tertiary/aromatic N) is 2. The third-order valence-corrected chi connectivity index (χ3v) is 3.00. The number of hydrogen-bond donors (Lipinski definition) is 1. The molecule has 0 unspecified atom stereocenters. The van der Waals surface area contributed by atoms with Gasteiger partial charge in [0.05, 0.1) is 5.69 Å². The summed E-state index contributed by atoms with van der Waals surface area (Å²) in [5, 5.41) is 4.39. The monoisotopic (exact) mass is 265 g/mol. The van der Waals surface area contributed by atoms with E-state index in [-0.39, 0.29) is 18.4 Å². The van der Waals surface area contributed by atoms with Crippen LogP contribution in [0.2, 0.25) is 0 Å². The van der Waals surface area contributed by atoms with Crippen molar-refractivity contribution in [1.29, 1.82) is 0 Å². The van der Waals surface area contributed by atoms with Gasteiger partial charge in [-0.25, -0.2) is 0 Å². The Morgan fingerprint density at radius 3 is 2.94 bits per heavy atom. The highest BCUT2D eigenvalue weighted by molar-refractivity contribution is 5.85. The molecule has 0 bridgehead atoms. The summed E-state index contributed by atoms with van der Waals surface area (Å²) < 4.78 is 7.38. The molecule has 2 N–H and O–H groups in total. The van der Waals surface area contributed by atoms with Crippen molar-refractivity contribution in [2.24, 2.45) is 12.8 Å². The summed E-state index contributed by atoms with van der Waals surface area (Å²) in [4.78, 5) is 0. The fraction of sp³-hybridized carbons (Fsp3) is 0.308. The van der Waals surface area contributed by atoms with Crippen LogP contribution in [-0.4, -0.2) is 22.4 Å². The summed E-state index contributed by atoms with van der Waals surface area (Å²) in [5.74, 6) is 0.950. The zero-order valence-electron chi connectivity index (χ0n) is 10.2. The molecule has 0 saturated heterocycles. The average molecular weight is 266 g/mol. The molecule has 0 fully saturated rings. The highest BCUT2D eigenvalue weighted by atomic mass is 35.5. The normalized spacial score (nSPS) is 17.6. The SMILES string of the molecule is Cl.Cn1ccc(-c2ccc3c(c2)C[C@@H](N)CO3)n1. The van der Waals surface area contributed by atoms with E-state index in [1.165, 1.54) is 5.56 Å². The second-order valence-electron chi connectivity index (χ2n) is 4.47. The van der Waals surface area contributed by atoms with Crippen molar-refractivity contribution in [3.05, 3.63) is 36.0 Å². The van der Waals surface area contributed by atoms with Crippen molar-refractivity contribution in [1.82, 2.24) is 9.78 Å². The second-order valence-corrected chi connectivity index (χ2v) is 4.47. The Hall–Kier alpha value is -1.52. The first-order valence-corrected chi connectivity index (χ1v) is 5.74. The molecule has 0 amide bonds. The number of nitrogens with two attached hydrogens (primary N) is 1. The van der Waals surface area contributed by atoms with Gasteiger partial charge in [-0.05, 0) is 36.2 Å². The van der Waals surface area contributed by atoms with Gasteiger partial charge in [-0.2, -0.15) is 5.10 Å². The van der Waals surface area contributed by atoms with Crippen molar-refractivity contribution >= 4 is 12.4 Å². The highest BCUT2D eigenvalue weighted by Gasteiger charge is 2.17. The van der Waals surface area contributed by atoms with Crippen LogP contribution in [0.4, 0.5) is 0 Å². The molecule has 0 spiro atoms. The summed E-state index contributed by atoms with van der Waals surface area (Å²) in [6.07, 6.45) is 2.81. The summed E-state index contributed by atoms with van der Waals surface area (Å²) in [6, 6.07) is 8.27. The first kappa shape index (κ1) is 12.9. The zero-order valence-corrected chi connectivity index (χ0v) is 11.0. The predicted octanol–water partition coefficient (Wildman–Crippen LogP) is 1.77. The van der Waals surface area contributed by atoms with Crippen LogP contribution in [-0.2, 0) is 13.5 Å². The molecule has 5 heteroatoms. The summed E-state index contributed by atoms with van der Waals surface area (Å²) in [7, 11) is 1.92. The molecule has 1 atom stereocenters. The lowest BCUT2D eigenvalue weighted by atomic mass is 10.00. The molecule has 2 heterocycles. The third-order valence-electron chi connectivity index (χ3n) is 3.00. The molecule has 2 aromatic rings. The number of aryl methyl sites for hydroxylation is 1. The van der Waals surface area contributed by atoms with E-state index in [1.54, 1.807) is 4.68 Å². The molecular formula is C13H16ClN3O. The molecule has 1 aliphatic rings. The van der Waals surface area contributed by atoms with Gasteiger partial charge in [-0.3, -0.25) is 4.68 Å². The Balaban J connectivity index is 0.00000120. The van der Waals surface area contributed by atoms with Gasteiger partial charge in [0.2, 0.25) is 0 Å². The molecule has 0 radical (unpaired) electrons. The van der Waals surface area contributed by atoms with E-state index >= 15 is 0 Å². The molecule has 1 aromatic heterocycles. The van der Waals surface area contributed by atoms with Gasteiger partial charge in [0.15, 0.2) is 0 Å². The van der Waals surface area contributed by atoms with Gasteiger partial charge in [-0.1, -0.05) is 0 Å². The number of benzene rings is 1. The number of ether oxygens (including phenoxy) is 1. The summed E-state index contributed by atoms with van der Waals surface area (Å²) >= 11 is 0. The standard InChI is InChI=1S/C13H15N3O.ClH/c1-16-5-4-12(15-16)9-2-3-13-10(6-9)7-11(14)8-17-13;/h2-6,11H,7-8,14H2,1H3;1H/t11-;/m1./s1. The van der Waals surface area contributed by atoms with Crippen LogP contribution in [0.3, 0.4) is 0 Å². The Morgan fingerprint density at radius 1 is 1.39 bits per heavy atom. The second kappa shape index (κ2) is 5.00. The Kier molecular flexibility index (Phi) is 3.59. The largest absolute Gasteiger partial charge is 0.492 e. The van der Waals surface area contributed by atoms with Crippen LogP contribution in [0.15, 0.2) is 30.5 Å². The molecule has 1 aliphatic heterocycles. The number of aromatic nitrogens is 2. The van der Waals surface area contributed by atoms with Crippen molar-refractivity contribution < 1.29 is 4.74 Å². The van der Waals surface area contributed by atoms with Crippen LogP contribution in [0.5, 0.6) is 5.75 Å². The van der Waals surface area contributed by atoms with Crippen molar-refractivity contribution in [3.63, 3.8) is 0 Å². The van der Waals surface area contributed by atoms with Gasteiger partial charge in [-0.15, -0.1) is 12.4 Å². The van der Waals surface area contributed by atoms with Crippen molar-refractivity contribution in [3.8, 4) is 17.0 Å². The molecule has 1 aromatic carbocycles. The first-order valence-electron chi connectivity index (χ1n) is 5.74. The quantitative estimate of drug-likeness (QED) is 0.855. The number of fused-ring (bicyclic) bond motifs is 1. The van der Waals surface area contributed by atoms with E-state index in [4.69, 9.17) is 10.5 Å². The lowest BCUT2D eigenvalue weighted by molar-refractivity contribution is 0.263. The maximum absolute atomic E-state index is 5.90. The van der Waals surface area contributed by atoms with Gasteiger partial charge < -0.3 is 10.5 Å². The van der Waals surface area contributed by atoms with E-state index in [1.807, 2.05) is 31.4 Å². The van der Waals surface area contributed by atoms with E-state index in [2.05, 4.69) is 11.2 Å². The Labute approximate surface area is 112 Å². The topological polar surface area (TPSA) is 53.1 Å². The smallest absolute Gasteiger partial charge is 0.122 e. The summed E-state index contributed by atoms with van der Waals surface area (Å²) in [5.41, 5.74) is 9.16. The lowest BCUT2D eigenvalue weighted by Gasteiger charge is -2.22. The minimum atomic E-state index is 0. The predicted molar refractivity (Wildman–Crippen MR) is 73.1 cm³/mol. The van der Waals surface area contributed by atoms with E-state index in [0.29, 0.717) is 6.61 Å². The third kappa shape index (κ3) is 2.35. The van der Waals surface area contributed by atoms with E-state index < -0.39 is 0 Å². The zero-order chi connectivity index (χ0) is 11.8. The fourth-order valence-electron chi connectivity index (χ4n) is 2.15. The van der Waals surface area contributed by atoms with Crippen LogP contribution in [0.25, 0.3) is 11.3 Å². The summed E-state index contributed by atoms with van der Waals surface area (Å²) in [6.45, 7) is 0.607. The van der Waals surface area contributed by atoms with Crippen LogP contribution >= 0.6 is 12.4 Å². The van der Waals surface area contributed by atoms with Crippen molar-refractivity contribution in [2.45, 2.75) is 12.5 Å². The molecule has 3 rings (SSSR count). The lowest BCUT2D eigenvalue weighted by Crippen LogP contribution is -2.33. The molecule has 96 valence electrons. The number of hydrogen-bond acceptors (Lipinski definition) is 3. The molecule has 0 saturated carbocycles. The van der Waals surface area contributed by atoms with Crippen LogP contribution in [0.1, 0.15) is 5.56 Å². The molecule has 18 heavy (non-hydrogen) atoms. The van der Waals surface area contributed by atoms with E-state index in [0.717, 1.165) is 23.4 Å². The Morgan fingerprint density at radius 2 is 2.22 bits per heavy atom. The maximum Gasteiger partial charge on any atom is 0.122 e.